The van der Waals surface area contributed by atoms with E-state index in [0.29, 0.717) is 12.4 Å². The van der Waals surface area contributed by atoms with Gasteiger partial charge in [0, 0.05) is 20.2 Å². The molecule has 1 aromatic rings. The number of nitrogens with one attached hydrogen (secondary N) is 1. The summed E-state index contributed by atoms with van der Waals surface area (Å²) in [7, 11) is 1.79. The summed E-state index contributed by atoms with van der Waals surface area (Å²) >= 11 is 0. The summed E-state index contributed by atoms with van der Waals surface area (Å²) in [6, 6.07) is 5.47. The molecule has 0 heterocycles. The Hall–Kier alpha value is -1.26. The second-order valence-corrected chi connectivity index (χ2v) is 5.08. The molecule has 0 radical (unpaired) electrons. The molecule has 106 valence electrons. The van der Waals surface area contributed by atoms with Gasteiger partial charge >= 0.3 is 0 Å². The highest BCUT2D eigenvalue weighted by Gasteiger charge is 2.36. The predicted octanol–water partition coefficient (Wildman–Crippen LogP) is 2.45. The van der Waals surface area contributed by atoms with Crippen LogP contribution in [0.1, 0.15) is 31.7 Å². The summed E-state index contributed by atoms with van der Waals surface area (Å²) in [4.78, 5) is 0. The molecule has 1 fully saturated rings. The van der Waals surface area contributed by atoms with Crippen LogP contribution < -0.4 is 10.1 Å². The standard InChI is InChI=1S/C15H23NO3/c1-3-19-14-9-12(5-6-13(14)17)10-16-11-15(18-2)7-4-8-15/h5-6,9,16-17H,3-4,7-8,10-11H2,1-2H3. The lowest BCUT2D eigenvalue weighted by atomic mass is 9.80. The number of hydrogen-bond acceptors (Lipinski definition) is 4. The molecule has 4 nitrogen and oxygen atoms in total. The maximum Gasteiger partial charge on any atom is 0.161 e. The van der Waals surface area contributed by atoms with Gasteiger partial charge in [-0.05, 0) is 43.9 Å². The van der Waals surface area contributed by atoms with Gasteiger partial charge in [-0.3, -0.25) is 0 Å². The quantitative estimate of drug-likeness (QED) is 0.795. The molecule has 1 saturated carbocycles. The Morgan fingerprint density at radius 2 is 2.16 bits per heavy atom. The number of aromatic hydroxyl groups is 1. The lowest BCUT2D eigenvalue weighted by molar-refractivity contribution is -0.0695. The Morgan fingerprint density at radius 3 is 2.74 bits per heavy atom. The van der Waals surface area contributed by atoms with E-state index in [1.807, 2.05) is 19.1 Å². The maximum absolute atomic E-state index is 9.64. The number of rotatable bonds is 7. The summed E-state index contributed by atoms with van der Waals surface area (Å²) in [6.07, 6.45) is 3.52. The molecule has 2 rings (SSSR count). The number of phenols is 1. The SMILES string of the molecule is CCOc1cc(CNCC2(OC)CCC2)ccc1O. The molecule has 1 aromatic carbocycles. The van der Waals surface area contributed by atoms with E-state index in [9.17, 15) is 5.11 Å². The van der Waals surface area contributed by atoms with Crippen LogP contribution in [0.5, 0.6) is 11.5 Å². The van der Waals surface area contributed by atoms with Crippen LogP contribution in [0.15, 0.2) is 18.2 Å². The van der Waals surface area contributed by atoms with Crippen LogP contribution in [0.4, 0.5) is 0 Å². The van der Waals surface area contributed by atoms with E-state index in [4.69, 9.17) is 9.47 Å². The Bertz CT molecular complexity index is 410. The average Bonchev–Trinajstić information content (AvgIpc) is 2.37. The van der Waals surface area contributed by atoms with Crippen molar-refractivity contribution in [3.63, 3.8) is 0 Å². The average molecular weight is 265 g/mol. The largest absolute Gasteiger partial charge is 0.504 e. The minimum absolute atomic E-state index is 0.0413. The number of methoxy groups -OCH3 is 1. The van der Waals surface area contributed by atoms with Gasteiger partial charge in [0.05, 0.1) is 12.2 Å². The minimum Gasteiger partial charge on any atom is -0.504 e. The molecule has 2 N–H and O–H groups in total. The van der Waals surface area contributed by atoms with Gasteiger partial charge in [-0.25, -0.2) is 0 Å². The van der Waals surface area contributed by atoms with Gasteiger partial charge in [0.25, 0.3) is 0 Å². The number of benzene rings is 1. The zero-order valence-electron chi connectivity index (χ0n) is 11.7. The number of phenolic OH excluding ortho intramolecular Hbond substituents is 1. The fourth-order valence-electron chi connectivity index (χ4n) is 2.40. The monoisotopic (exact) mass is 265 g/mol. The highest BCUT2D eigenvalue weighted by molar-refractivity contribution is 5.41. The molecule has 19 heavy (non-hydrogen) atoms. The van der Waals surface area contributed by atoms with E-state index in [2.05, 4.69) is 5.32 Å². The molecule has 0 aliphatic heterocycles. The summed E-state index contributed by atoms with van der Waals surface area (Å²) < 4.78 is 10.9. The number of ether oxygens (including phenoxy) is 2. The second kappa shape index (κ2) is 6.26. The van der Waals surface area contributed by atoms with E-state index in [0.717, 1.165) is 31.5 Å². The molecule has 1 aliphatic rings. The van der Waals surface area contributed by atoms with Crippen LogP contribution in [0.3, 0.4) is 0 Å². The third kappa shape index (κ3) is 3.39. The van der Waals surface area contributed by atoms with E-state index in [-0.39, 0.29) is 11.4 Å². The Morgan fingerprint density at radius 1 is 1.37 bits per heavy atom. The van der Waals surface area contributed by atoms with Crippen LogP contribution in [-0.4, -0.2) is 31.0 Å². The van der Waals surface area contributed by atoms with Gasteiger partial charge in [0.1, 0.15) is 0 Å². The van der Waals surface area contributed by atoms with Gasteiger partial charge in [-0.2, -0.15) is 0 Å². The van der Waals surface area contributed by atoms with Gasteiger partial charge in [-0.1, -0.05) is 6.07 Å². The highest BCUT2D eigenvalue weighted by atomic mass is 16.5. The molecule has 0 spiro atoms. The molecule has 4 heteroatoms. The van der Waals surface area contributed by atoms with Crippen molar-refractivity contribution in [1.29, 1.82) is 0 Å². The lowest BCUT2D eigenvalue weighted by Crippen LogP contribution is -2.47. The Kier molecular flexibility index (Phi) is 4.66. The van der Waals surface area contributed by atoms with Crippen molar-refractivity contribution >= 4 is 0 Å². The lowest BCUT2D eigenvalue weighted by Gasteiger charge is -2.40. The summed E-state index contributed by atoms with van der Waals surface area (Å²) in [6.45, 7) is 4.08. The molecule has 0 saturated heterocycles. The summed E-state index contributed by atoms with van der Waals surface area (Å²) in [5.41, 5.74) is 1.14. The van der Waals surface area contributed by atoms with Crippen molar-refractivity contribution in [3.8, 4) is 11.5 Å². The summed E-state index contributed by atoms with van der Waals surface area (Å²) in [5, 5.41) is 13.1. The van der Waals surface area contributed by atoms with Gasteiger partial charge in [0.2, 0.25) is 0 Å². The first-order chi connectivity index (χ1) is 9.19. The first-order valence-electron chi connectivity index (χ1n) is 6.90. The van der Waals surface area contributed by atoms with Crippen LogP contribution in [0, 0.1) is 0 Å². The first-order valence-corrected chi connectivity index (χ1v) is 6.90. The molecule has 0 aromatic heterocycles. The van der Waals surface area contributed by atoms with Crippen molar-refractivity contribution in [1.82, 2.24) is 5.32 Å². The smallest absolute Gasteiger partial charge is 0.161 e. The highest BCUT2D eigenvalue weighted by Crippen LogP contribution is 2.34. The van der Waals surface area contributed by atoms with Crippen molar-refractivity contribution in [2.45, 2.75) is 38.3 Å². The topological polar surface area (TPSA) is 50.7 Å². The third-order valence-electron chi connectivity index (χ3n) is 3.80. The number of hydrogen-bond donors (Lipinski definition) is 2. The molecular formula is C15H23NO3. The third-order valence-corrected chi connectivity index (χ3v) is 3.80. The normalized spacial score (nSPS) is 16.9. The molecule has 1 aliphatic carbocycles. The van der Waals surface area contributed by atoms with Crippen molar-refractivity contribution in [2.24, 2.45) is 0 Å². The van der Waals surface area contributed by atoms with Crippen molar-refractivity contribution < 1.29 is 14.6 Å². The predicted molar refractivity (Wildman–Crippen MR) is 74.6 cm³/mol. The molecular weight excluding hydrogens is 242 g/mol. The summed E-state index contributed by atoms with van der Waals surface area (Å²) in [5.74, 6) is 0.741. The maximum atomic E-state index is 9.64. The first kappa shape index (κ1) is 14.2. The molecule has 0 atom stereocenters. The molecule has 0 unspecified atom stereocenters. The minimum atomic E-state index is 0.0413. The molecule has 0 bridgehead atoms. The second-order valence-electron chi connectivity index (χ2n) is 5.08. The van der Waals surface area contributed by atoms with Gasteiger partial charge in [-0.15, -0.1) is 0 Å². The van der Waals surface area contributed by atoms with Gasteiger partial charge in [0.15, 0.2) is 11.5 Å². The van der Waals surface area contributed by atoms with Crippen LogP contribution in [0.25, 0.3) is 0 Å². The van der Waals surface area contributed by atoms with E-state index < -0.39 is 0 Å². The Balaban J connectivity index is 1.87. The van der Waals surface area contributed by atoms with Crippen molar-refractivity contribution in [3.05, 3.63) is 23.8 Å². The fraction of sp³-hybridized carbons (Fsp3) is 0.600. The zero-order chi connectivity index (χ0) is 13.7. The van der Waals surface area contributed by atoms with Crippen LogP contribution in [0.2, 0.25) is 0 Å². The van der Waals surface area contributed by atoms with Crippen molar-refractivity contribution in [2.75, 3.05) is 20.3 Å². The molecule has 0 amide bonds. The van der Waals surface area contributed by atoms with E-state index >= 15 is 0 Å². The van der Waals surface area contributed by atoms with E-state index in [1.165, 1.54) is 6.42 Å². The van der Waals surface area contributed by atoms with Gasteiger partial charge < -0.3 is 19.9 Å². The Labute approximate surface area is 114 Å². The van der Waals surface area contributed by atoms with Crippen LogP contribution >= 0.6 is 0 Å². The van der Waals surface area contributed by atoms with E-state index in [1.54, 1.807) is 13.2 Å². The van der Waals surface area contributed by atoms with Crippen LogP contribution in [-0.2, 0) is 11.3 Å². The zero-order valence-corrected chi connectivity index (χ0v) is 11.7. The fourth-order valence-corrected chi connectivity index (χ4v) is 2.40.